The number of anilines is 1. The number of esters is 1. The largest absolute Gasteiger partial charge is 0.495 e. The molecule has 2 aliphatic carbocycles. The van der Waals surface area contributed by atoms with E-state index < -0.39 is 18.3 Å². The highest BCUT2D eigenvalue weighted by Crippen LogP contribution is 2.41. The lowest BCUT2D eigenvalue weighted by Gasteiger charge is -2.32. The van der Waals surface area contributed by atoms with Gasteiger partial charge >= 0.3 is 13.1 Å². The van der Waals surface area contributed by atoms with Crippen molar-refractivity contribution in [1.82, 2.24) is 4.98 Å². The summed E-state index contributed by atoms with van der Waals surface area (Å²) in [6.07, 6.45) is 5.55. The molecule has 0 saturated carbocycles. The van der Waals surface area contributed by atoms with Crippen molar-refractivity contribution in [3.8, 4) is 0 Å². The molecule has 34 heavy (non-hydrogen) atoms. The van der Waals surface area contributed by atoms with Crippen LogP contribution in [0.3, 0.4) is 0 Å². The molecule has 180 valence electrons. The Hall–Kier alpha value is -2.45. The number of halogens is 1. The summed E-state index contributed by atoms with van der Waals surface area (Å²) in [5.41, 5.74) is 3.96. The maximum atomic E-state index is 15.1. The third-order valence-electron chi connectivity index (χ3n) is 8.07. The van der Waals surface area contributed by atoms with E-state index in [0.717, 1.165) is 48.1 Å². The topological polar surface area (TPSA) is 69.7 Å². The first-order valence-electron chi connectivity index (χ1n) is 12.1. The van der Waals surface area contributed by atoms with Gasteiger partial charge in [0.2, 0.25) is 0 Å². The van der Waals surface area contributed by atoms with Crippen LogP contribution in [0.1, 0.15) is 81.2 Å². The first-order chi connectivity index (χ1) is 16.1. The van der Waals surface area contributed by atoms with Gasteiger partial charge in [-0.25, -0.2) is 9.37 Å². The molecule has 1 fully saturated rings. The number of fused-ring (bicyclic) bond motifs is 2. The van der Waals surface area contributed by atoms with Crippen molar-refractivity contribution in [3.63, 3.8) is 0 Å². The Kier molecular flexibility index (Phi) is 5.72. The first-order valence-corrected chi connectivity index (χ1v) is 12.1. The normalized spacial score (nSPS) is 24.1. The number of aryl methyl sites for hydroxylation is 1. The smallest absolute Gasteiger partial charge is 0.469 e. The molecule has 0 spiro atoms. The number of carbonyl (C=O) groups excluding carboxylic acids is 1. The second kappa shape index (κ2) is 8.34. The predicted octanol–water partition coefficient (Wildman–Crippen LogP) is 4.21. The highest BCUT2D eigenvalue weighted by molar-refractivity contribution is 6.62. The number of hydrogen-bond acceptors (Lipinski definition) is 6. The number of carbonyl (C=O) groups is 1. The van der Waals surface area contributed by atoms with Gasteiger partial charge in [-0.15, -0.1) is 0 Å². The minimum absolute atomic E-state index is 0.149. The molecule has 1 saturated heterocycles. The number of nitrogens with zero attached hydrogens (tertiary/aromatic N) is 1. The van der Waals surface area contributed by atoms with Crippen LogP contribution in [0.5, 0.6) is 0 Å². The fraction of sp³-hybridized carbons (Fsp3) is 0.538. The van der Waals surface area contributed by atoms with Gasteiger partial charge in [0.25, 0.3) is 0 Å². The average Bonchev–Trinajstić information content (AvgIpc) is 3.43. The highest BCUT2D eigenvalue weighted by Gasteiger charge is 2.52. The lowest BCUT2D eigenvalue weighted by atomic mass is 9.75. The van der Waals surface area contributed by atoms with Gasteiger partial charge in [0.1, 0.15) is 11.6 Å². The van der Waals surface area contributed by atoms with Crippen LogP contribution in [0, 0.1) is 5.82 Å². The molecule has 2 aromatic rings. The second-order valence-corrected chi connectivity index (χ2v) is 10.6. The molecule has 0 unspecified atom stereocenters. The molecule has 1 aromatic heterocycles. The third-order valence-corrected chi connectivity index (χ3v) is 8.07. The molecule has 0 amide bonds. The minimum Gasteiger partial charge on any atom is -0.469 e. The van der Waals surface area contributed by atoms with Gasteiger partial charge in [0.15, 0.2) is 0 Å². The van der Waals surface area contributed by atoms with E-state index in [1.165, 1.54) is 18.7 Å². The summed E-state index contributed by atoms with van der Waals surface area (Å²) in [5.74, 6) is 0.465. The molecule has 0 radical (unpaired) electrons. The molecule has 2 heterocycles. The Labute approximate surface area is 200 Å². The van der Waals surface area contributed by atoms with E-state index in [9.17, 15) is 4.79 Å². The fourth-order valence-corrected chi connectivity index (χ4v) is 5.41. The van der Waals surface area contributed by atoms with Crippen LogP contribution < -0.4 is 10.8 Å². The van der Waals surface area contributed by atoms with Crippen LogP contribution in [0.15, 0.2) is 24.4 Å². The Morgan fingerprint density at radius 2 is 1.94 bits per heavy atom. The van der Waals surface area contributed by atoms with Crippen molar-refractivity contribution in [1.29, 1.82) is 0 Å². The van der Waals surface area contributed by atoms with Crippen LogP contribution in [0.2, 0.25) is 0 Å². The molecule has 3 aliphatic rings. The summed E-state index contributed by atoms with van der Waals surface area (Å²) >= 11 is 0. The van der Waals surface area contributed by atoms with Crippen molar-refractivity contribution < 1.29 is 23.2 Å². The molecule has 6 nitrogen and oxygen atoms in total. The monoisotopic (exact) mass is 466 g/mol. The minimum atomic E-state index is -0.511. The second-order valence-electron chi connectivity index (χ2n) is 10.6. The summed E-state index contributed by atoms with van der Waals surface area (Å²) in [6, 6.07) is 5.19. The third kappa shape index (κ3) is 3.91. The van der Waals surface area contributed by atoms with Gasteiger partial charge in [-0.1, -0.05) is 6.07 Å². The van der Waals surface area contributed by atoms with E-state index in [1.807, 2.05) is 40.0 Å². The summed E-state index contributed by atoms with van der Waals surface area (Å²) in [7, 11) is 0.906. The fourth-order valence-electron chi connectivity index (χ4n) is 5.41. The van der Waals surface area contributed by atoms with Crippen LogP contribution in [0.25, 0.3) is 0 Å². The van der Waals surface area contributed by atoms with Crippen LogP contribution in [-0.4, -0.2) is 36.4 Å². The average molecular weight is 466 g/mol. The number of methoxy groups -OCH3 is 1. The number of benzene rings is 1. The number of hydrogen-bond donors (Lipinski definition) is 1. The van der Waals surface area contributed by atoms with Gasteiger partial charge in [0, 0.05) is 11.8 Å². The molecule has 1 aromatic carbocycles. The van der Waals surface area contributed by atoms with Crippen LogP contribution in [-0.2, 0) is 31.7 Å². The lowest BCUT2D eigenvalue weighted by Crippen LogP contribution is -2.41. The Bertz CT molecular complexity index is 1120. The number of aromatic nitrogens is 1. The molecule has 2 atom stereocenters. The van der Waals surface area contributed by atoms with E-state index in [4.69, 9.17) is 14.0 Å². The van der Waals surface area contributed by atoms with Gasteiger partial charge in [-0.2, -0.15) is 0 Å². The number of nitrogens with one attached hydrogen (secondary N) is 1. The van der Waals surface area contributed by atoms with Crippen molar-refractivity contribution in [2.75, 3.05) is 12.4 Å². The van der Waals surface area contributed by atoms with Crippen molar-refractivity contribution in [2.24, 2.45) is 0 Å². The molecule has 1 N–H and O–H groups in total. The van der Waals surface area contributed by atoms with E-state index in [2.05, 4.69) is 10.3 Å². The molecule has 5 rings (SSSR count). The summed E-state index contributed by atoms with van der Waals surface area (Å²) in [4.78, 5) is 16.3. The van der Waals surface area contributed by atoms with Gasteiger partial charge in [-0.3, -0.25) is 4.79 Å². The van der Waals surface area contributed by atoms with Crippen LogP contribution >= 0.6 is 0 Å². The molecular weight excluding hydrogens is 434 g/mol. The molecular formula is C26H32BFN2O4. The van der Waals surface area contributed by atoms with Gasteiger partial charge in [-0.05, 0) is 93.6 Å². The quantitative estimate of drug-likeness (QED) is 0.526. The maximum absolute atomic E-state index is 15.1. The number of ether oxygens (including phenoxy) is 1. The summed E-state index contributed by atoms with van der Waals surface area (Å²) < 4.78 is 32.4. The van der Waals surface area contributed by atoms with Crippen molar-refractivity contribution >= 4 is 24.4 Å². The zero-order valence-corrected chi connectivity index (χ0v) is 20.5. The zero-order valence-electron chi connectivity index (χ0n) is 20.5. The van der Waals surface area contributed by atoms with E-state index >= 15 is 4.39 Å². The van der Waals surface area contributed by atoms with Crippen LogP contribution in [0.4, 0.5) is 10.2 Å². The number of rotatable bonds is 5. The Morgan fingerprint density at radius 3 is 2.65 bits per heavy atom. The first kappa shape index (κ1) is 23.3. The molecule has 1 aliphatic heterocycles. The number of pyridine rings is 1. The van der Waals surface area contributed by atoms with E-state index in [1.54, 1.807) is 6.07 Å². The Morgan fingerprint density at radius 1 is 1.21 bits per heavy atom. The van der Waals surface area contributed by atoms with E-state index in [-0.39, 0.29) is 23.7 Å². The molecule has 0 bridgehead atoms. The van der Waals surface area contributed by atoms with Gasteiger partial charge < -0.3 is 19.4 Å². The predicted molar refractivity (Wildman–Crippen MR) is 129 cm³/mol. The van der Waals surface area contributed by atoms with E-state index in [0.29, 0.717) is 12.0 Å². The standard InChI is InChI=1S/C26H32BFN2O4/c1-25(2)26(3,4)34-27(33-25)19-9-10-20(28)24-17(19)8-11-21(24)30-22-12-15-6-7-16(13-23(31)32-5)18(15)14-29-22/h9-10,12,14,16,21H,6-8,11,13H2,1-5H3,(H,29,30)/t16-,21+/m0/s1. The zero-order chi connectivity index (χ0) is 24.3. The molecule has 8 heteroatoms. The Balaban J connectivity index is 1.37. The SMILES string of the molecule is COC(=O)C[C@@H]1CCc2cc(N[C@@H]3CCc4c(B5OC(C)(C)C(C)(C)O5)ccc(F)c43)ncc21. The van der Waals surface area contributed by atoms with Crippen molar-refractivity contribution in [2.45, 2.75) is 83.0 Å². The summed E-state index contributed by atoms with van der Waals surface area (Å²) in [5, 5.41) is 3.46. The van der Waals surface area contributed by atoms with Crippen molar-refractivity contribution in [3.05, 3.63) is 52.5 Å². The highest BCUT2D eigenvalue weighted by atomic mass is 19.1. The maximum Gasteiger partial charge on any atom is 0.495 e. The lowest BCUT2D eigenvalue weighted by molar-refractivity contribution is -0.141. The van der Waals surface area contributed by atoms with Gasteiger partial charge in [0.05, 0.1) is 30.8 Å². The summed E-state index contributed by atoms with van der Waals surface area (Å²) in [6.45, 7) is 8.10.